The van der Waals surface area contributed by atoms with Crippen LogP contribution in [0.5, 0.6) is 0 Å². The van der Waals surface area contributed by atoms with Gasteiger partial charge in [-0.15, -0.1) is 0 Å². The van der Waals surface area contributed by atoms with E-state index >= 15 is 0 Å². The van der Waals surface area contributed by atoms with E-state index in [-0.39, 0.29) is 6.61 Å². The zero-order chi connectivity index (χ0) is 13.5. The molecule has 0 aromatic rings. The Morgan fingerprint density at radius 3 is 2.33 bits per heavy atom. The van der Waals surface area contributed by atoms with Crippen LogP contribution >= 0.6 is 0 Å². The molecule has 1 heterocycles. The third-order valence-corrected chi connectivity index (χ3v) is 2.71. The Hall–Kier alpha value is -0.280. The van der Waals surface area contributed by atoms with Gasteiger partial charge in [-0.3, -0.25) is 0 Å². The summed E-state index contributed by atoms with van der Waals surface area (Å²) in [6, 6.07) is 0. The Bertz CT molecular complexity index is 223. The Balaban J connectivity index is 2.35. The molecule has 7 nitrogen and oxygen atoms in total. The summed E-state index contributed by atoms with van der Waals surface area (Å²) < 4.78 is 15.5. The SMILES string of the molecule is CCCOCCO[C@@H]1OC(CO)[C@H](O)[C@H](O)C1O. The molecule has 0 amide bonds. The molecule has 7 heteroatoms. The summed E-state index contributed by atoms with van der Waals surface area (Å²) in [7, 11) is 0. The first-order chi connectivity index (χ1) is 8.61. The average molecular weight is 266 g/mol. The number of hydrogen-bond donors (Lipinski definition) is 4. The minimum absolute atomic E-state index is 0.197. The van der Waals surface area contributed by atoms with Gasteiger partial charge in [0.05, 0.1) is 19.8 Å². The molecule has 1 aliphatic heterocycles. The molecule has 0 aromatic carbocycles. The summed E-state index contributed by atoms with van der Waals surface area (Å²) in [4.78, 5) is 0. The molecule has 1 aliphatic rings. The maximum absolute atomic E-state index is 9.64. The van der Waals surface area contributed by atoms with Crippen molar-refractivity contribution in [1.29, 1.82) is 0 Å². The maximum atomic E-state index is 9.64. The van der Waals surface area contributed by atoms with Crippen LogP contribution in [0, 0.1) is 0 Å². The van der Waals surface area contributed by atoms with Gasteiger partial charge in [0, 0.05) is 6.61 Å². The molecule has 0 bridgehead atoms. The number of rotatable bonds is 7. The van der Waals surface area contributed by atoms with Gasteiger partial charge in [0.25, 0.3) is 0 Å². The molecule has 0 radical (unpaired) electrons. The van der Waals surface area contributed by atoms with Gasteiger partial charge >= 0.3 is 0 Å². The fourth-order valence-electron chi connectivity index (χ4n) is 1.67. The van der Waals surface area contributed by atoms with Gasteiger partial charge in [0.1, 0.15) is 24.4 Å². The summed E-state index contributed by atoms with van der Waals surface area (Å²) in [5, 5.41) is 37.7. The van der Waals surface area contributed by atoms with Gasteiger partial charge in [0.15, 0.2) is 6.29 Å². The van der Waals surface area contributed by atoms with Crippen molar-refractivity contribution in [2.45, 2.75) is 44.1 Å². The quantitative estimate of drug-likeness (QED) is 0.404. The summed E-state index contributed by atoms with van der Waals surface area (Å²) >= 11 is 0. The van der Waals surface area contributed by atoms with Crippen molar-refractivity contribution < 1.29 is 34.6 Å². The van der Waals surface area contributed by atoms with E-state index in [1.165, 1.54) is 0 Å². The van der Waals surface area contributed by atoms with Gasteiger partial charge in [-0.2, -0.15) is 0 Å². The molecular weight excluding hydrogens is 244 g/mol. The van der Waals surface area contributed by atoms with Crippen molar-refractivity contribution in [3.05, 3.63) is 0 Å². The van der Waals surface area contributed by atoms with Crippen molar-refractivity contribution in [3.8, 4) is 0 Å². The van der Waals surface area contributed by atoms with E-state index in [1.807, 2.05) is 6.92 Å². The van der Waals surface area contributed by atoms with Gasteiger partial charge in [-0.25, -0.2) is 0 Å². The van der Waals surface area contributed by atoms with E-state index in [1.54, 1.807) is 0 Å². The second-order valence-corrected chi connectivity index (χ2v) is 4.18. The highest BCUT2D eigenvalue weighted by atomic mass is 16.7. The maximum Gasteiger partial charge on any atom is 0.186 e. The summed E-state index contributed by atoms with van der Waals surface area (Å²) in [6.45, 7) is 2.69. The molecule has 108 valence electrons. The lowest BCUT2D eigenvalue weighted by Gasteiger charge is -2.39. The molecule has 4 N–H and O–H groups in total. The molecule has 5 atom stereocenters. The molecule has 1 saturated heterocycles. The highest BCUT2D eigenvalue weighted by molar-refractivity contribution is 4.88. The van der Waals surface area contributed by atoms with Crippen LogP contribution in [0.1, 0.15) is 13.3 Å². The summed E-state index contributed by atoms with van der Waals surface area (Å²) in [6.07, 6.45) is -5.23. The highest BCUT2D eigenvalue weighted by Gasteiger charge is 2.43. The Kier molecular flexibility index (Phi) is 7.02. The van der Waals surface area contributed by atoms with Crippen molar-refractivity contribution in [3.63, 3.8) is 0 Å². The van der Waals surface area contributed by atoms with E-state index in [0.717, 1.165) is 6.42 Å². The monoisotopic (exact) mass is 266 g/mol. The lowest BCUT2D eigenvalue weighted by atomic mass is 9.99. The van der Waals surface area contributed by atoms with Crippen molar-refractivity contribution in [2.24, 2.45) is 0 Å². The standard InChI is InChI=1S/C11H22O7/c1-2-3-16-4-5-17-11-10(15)9(14)8(13)7(6-12)18-11/h7-15H,2-6H2,1H3/t7?,8-,9-,10?,11+/m0/s1. The average Bonchev–Trinajstić information content (AvgIpc) is 2.38. The number of hydrogen-bond acceptors (Lipinski definition) is 7. The van der Waals surface area contributed by atoms with Crippen LogP contribution in [0.3, 0.4) is 0 Å². The largest absolute Gasteiger partial charge is 0.394 e. The van der Waals surface area contributed by atoms with Crippen molar-refractivity contribution >= 4 is 0 Å². The van der Waals surface area contributed by atoms with Crippen LogP contribution in [0.25, 0.3) is 0 Å². The first-order valence-electron chi connectivity index (χ1n) is 6.11. The lowest BCUT2D eigenvalue weighted by Crippen LogP contribution is -2.59. The molecule has 2 unspecified atom stereocenters. The van der Waals surface area contributed by atoms with Crippen LogP contribution in [0.2, 0.25) is 0 Å². The van der Waals surface area contributed by atoms with E-state index in [2.05, 4.69) is 0 Å². The first-order valence-corrected chi connectivity index (χ1v) is 6.11. The minimum Gasteiger partial charge on any atom is -0.394 e. The van der Waals surface area contributed by atoms with Gasteiger partial charge in [-0.1, -0.05) is 6.92 Å². The van der Waals surface area contributed by atoms with Gasteiger partial charge < -0.3 is 34.6 Å². The van der Waals surface area contributed by atoms with Crippen LogP contribution in [0.15, 0.2) is 0 Å². The topological polar surface area (TPSA) is 109 Å². The molecular formula is C11H22O7. The minimum atomic E-state index is -1.41. The molecule has 1 fully saturated rings. The van der Waals surface area contributed by atoms with E-state index in [4.69, 9.17) is 19.3 Å². The van der Waals surface area contributed by atoms with Crippen LogP contribution in [-0.2, 0) is 14.2 Å². The van der Waals surface area contributed by atoms with E-state index < -0.39 is 37.3 Å². The third-order valence-electron chi connectivity index (χ3n) is 2.71. The molecule has 0 spiro atoms. The fraction of sp³-hybridized carbons (Fsp3) is 1.00. The molecule has 0 saturated carbocycles. The van der Waals surface area contributed by atoms with Crippen LogP contribution < -0.4 is 0 Å². The first kappa shape index (κ1) is 15.8. The second-order valence-electron chi connectivity index (χ2n) is 4.18. The molecule has 18 heavy (non-hydrogen) atoms. The lowest BCUT2D eigenvalue weighted by molar-refractivity contribution is -0.302. The number of ether oxygens (including phenoxy) is 3. The Labute approximate surface area is 106 Å². The van der Waals surface area contributed by atoms with E-state index in [0.29, 0.717) is 13.2 Å². The Morgan fingerprint density at radius 2 is 1.72 bits per heavy atom. The van der Waals surface area contributed by atoms with Crippen molar-refractivity contribution in [2.75, 3.05) is 26.4 Å². The summed E-state index contributed by atoms with van der Waals surface area (Å²) in [5.74, 6) is 0. The zero-order valence-electron chi connectivity index (χ0n) is 10.4. The third kappa shape index (κ3) is 4.13. The van der Waals surface area contributed by atoms with Crippen LogP contribution in [0.4, 0.5) is 0 Å². The predicted molar refractivity (Wildman–Crippen MR) is 60.8 cm³/mol. The van der Waals surface area contributed by atoms with E-state index in [9.17, 15) is 15.3 Å². The smallest absolute Gasteiger partial charge is 0.186 e. The fourth-order valence-corrected chi connectivity index (χ4v) is 1.67. The predicted octanol–water partition coefficient (Wildman–Crippen LogP) is -1.77. The van der Waals surface area contributed by atoms with Gasteiger partial charge in [0.2, 0.25) is 0 Å². The van der Waals surface area contributed by atoms with Crippen molar-refractivity contribution in [1.82, 2.24) is 0 Å². The Morgan fingerprint density at radius 1 is 1.00 bits per heavy atom. The van der Waals surface area contributed by atoms with Crippen LogP contribution in [-0.4, -0.2) is 77.6 Å². The molecule has 1 rings (SSSR count). The zero-order valence-corrected chi connectivity index (χ0v) is 10.4. The number of aliphatic hydroxyl groups is 4. The molecule has 0 aliphatic carbocycles. The number of aliphatic hydroxyl groups excluding tert-OH is 4. The van der Waals surface area contributed by atoms with Gasteiger partial charge in [-0.05, 0) is 6.42 Å². The highest BCUT2D eigenvalue weighted by Crippen LogP contribution is 2.21. The normalized spacial score (nSPS) is 36.8. The molecule has 0 aromatic heterocycles. The second kappa shape index (κ2) is 8.00. The summed E-state index contributed by atoms with van der Waals surface area (Å²) in [5.41, 5.74) is 0.